The summed E-state index contributed by atoms with van der Waals surface area (Å²) in [5.41, 5.74) is 0. The molecule has 0 saturated heterocycles. The van der Waals surface area contributed by atoms with E-state index < -0.39 is 32.4 Å². The summed E-state index contributed by atoms with van der Waals surface area (Å²) < 4.78 is 69.8. The van der Waals surface area contributed by atoms with Crippen molar-refractivity contribution in [3.05, 3.63) is 29.6 Å². The summed E-state index contributed by atoms with van der Waals surface area (Å²) in [4.78, 5) is 2.55. The Bertz CT molecular complexity index is 763. The molecule has 1 aromatic heterocycles. The lowest BCUT2D eigenvalue weighted by molar-refractivity contribution is 0.314. The van der Waals surface area contributed by atoms with E-state index in [0.29, 0.717) is 12.1 Å². The summed E-state index contributed by atoms with van der Waals surface area (Å²) in [6.07, 6.45) is 0. The molecule has 0 fully saturated rings. The number of ether oxygens (including phenoxy) is 1. The molecule has 2 rings (SSSR count). The minimum Gasteiger partial charge on any atom is -0.463 e. The lowest BCUT2D eigenvalue weighted by atomic mass is 10.3. The van der Waals surface area contributed by atoms with Crippen LogP contribution in [-0.2, 0) is 10.0 Å². The van der Waals surface area contributed by atoms with Crippen molar-refractivity contribution in [2.24, 2.45) is 0 Å². The van der Waals surface area contributed by atoms with E-state index in [0.717, 1.165) is 0 Å². The highest BCUT2D eigenvalue weighted by Crippen LogP contribution is 2.21. The molecule has 0 aliphatic carbocycles. The predicted octanol–water partition coefficient (Wildman–Crippen LogP) is 1.42. The molecule has 0 bridgehead atoms. The fraction of sp³-hybridized carbons (Fsp3) is 0.200. The number of halogens is 3. The van der Waals surface area contributed by atoms with Gasteiger partial charge in [0, 0.05) is 0 Å². The Morgan fingerprint density at radius 2 is 2.00 bits per heavy atom. The molecular weight excluding hydrogens is 313 g/mol. The SMILES string of the molecule is CCOc1n[nH]c(NS(=O)(=O)c2ccc(F)c(F)c2F)n1. The Morgan fingerprint density at radius 3 is 2.67 bits per heavy atom. The van der Waals surface area contributed by atoms with Crippen LogP contribution in [0.25, 0.3) is 0 Å². The van der Waals surface area contributed by atoms with Crippen LogP contribution >= 0.6 is 0 Å². The first kappa shape index (κ1) is 15.1. The van der Waals surface area contributed by atoms with Crippen LogP contribution in [0.5, 0.6) is 6.01 Å². The van der Waals surface area contributed by atoms with Gasteiger partial charge in [0.25, 0.3) is 10.0 Å². The van der Waals surface area contributed by atoms with Crippen molar-refractivity contribution in [2.45, 2.75) is 11.8 Å². The zero-order valence-electron chi connectivity index (χ0n) is 10.5. The van der Waals surface area contributed by atoms with Gasteiger partial charge < -0.3 is 4.74 Å². The number of hydrogen-bond donors (Lipinski definition) is 2. The van der Waals surface area contributed by atoms with Crippen molar-refractivity contribution in [1.29, 1.82) is 0 Å². The first-order chi connectivity index (χ1) is 9.85. The van der Waals surface area contributed by atoms with E-state index in [9.17, 15) is 21.6 Å². The molecule has 21 heavy (non-hydrogen) atoms. The van der Waals surface area contributed by atoms with Crippen molar-refractivity contribution < 1.29 is 26.3 Å². The Balaban J connectivity index is 2.32. The highest BCUT2D eigenvalue weighted by Gasteiger charge is 2.25. The van der Waals surface area contributed by atoms with Gasteiger partial charge in [0.15, 0.2) is 17.5 Å². The molecule has 11 heteroatoms. The van der Waals surface area contributed by atoms with Gasteiger partial charge in [-0.25, -0.2) is 31.4 Å². The van der Waals surface area contributed by atoms with E-state index in [1.165, 1.54) is 0 Å². The minimum atomic E-state index is -4.51. The number of aromatic amines is 1. The molecule has 0 aliphatic rings. The van der Waals surface area contributed by atoms with Crippen LogP contribution in [0.1, 0.15) is 6.92 Å². The maximum absolute atomic E-state index is 13.5. The normalized spacial score (nSPS) is 11.4. The third kappa shape index (κ3) is 3.07. The van der Waals surface area contributed by atoms with E-state index in [1.54, 1.807) is 6.92 Å². The minimum absolute atomic E-state index is 0.124. The standard InChI is InChI=1S/C10H9F3N4O3S/c1-2-20-10-14-9(15-16-10)17-21(18,19)6-4-3-5(11)7(12)8(6)13/h3-4H,2H2,1H3,(H2,14,15,16,17). The van der Waals surface area contributed by atoms with Gasteiger partial charge in [-0.1, -0.05) is 0 Å². The zero-order chi connectivity index (χ0) is 15.6. The number of anilines is 1. The van der Waals surface area contributed by atoms with Gasteiger partial charge in [-0.2, -0.15) is 4.98 Å². The molecule has 0 unspecified atom stereocenters. The number of benzene rings is 1. The van der Waals surface area contributed by atoms with Crippen molar-refractivity contribution in [3.8, 4) is 6.01 Å². The van der Waals surface area contributed by atoms with Crippen LogP contribution in [-0.4, -0.2) is 30.2 Å². The van der Waals surface area contributed by atoms with Gasteiger partial charge in [-0.3, -0.25) is 0 Å². The van der Waals surface area contributed by atoms with Crippen molar-refractivity contribution >= 4 is 16.0 Å². The number of rotatable bonds is 5. The fourth-order valence-electron chi connectivity index (χ4n) is 1.38. The number of sulfonamides is 1. The van der Waals surface area contributed by atoms with Gasteiger partial charge in [0.1, 0.15) is 4.90 Å². The quantitative estimate of drug-likeness (QED) is 0.812. The maximum Gasteiger partial charge on any atom is 0.337 e. The maximum atomic E-state index is 13.5. The van der Waals surface area contributed by atoms with Crippen molar-refractivity contribution in [1.82, 2.24) is 15.2 Å². The van der Waals surface area contributed by atoms with E-state index in [1.807, 2.05) is 4.72 Å². The summed E-state index contributed by atoms with van der Waals surface area (Å²) in [5, 5.41) is 5.72. The monoisotopic (exact) mass is 322 g/mol. The van der Waals surface area contributed by atoms with E-state index >= 15 is 0 Å². The third-order valence-corrected chi connectivity index (χ3v) is 3.62. The molecule has 0 radical (unpaired) electrons. The zero-order valence-corrected chi connectivity index (χ0v) is 11.3. The predicted molar refractivity (Wildman–Crippen MR) is 64.7 cm³/mol. The molecule has 1 heterocycles. The van der Waals surface area contributed by atoms with E-state index in [4.69, 9.17) is 4.74 Å². The number of nitrogens with zero attached hydrogens (tertiary/aromatic N) is 2. The molecule has 0 aliphatic heterocycles. The average Bonchev–Trinajstić information content (AvgIpc) is 2.82. The van der Waals surface area contributed by atoms with Gasteiger partial charge >= 0.3 is 6.01 Å². The Kier molecular flexibility index (Phi) is 4.02. The Hall–Kier alpha value is -2.30. The smallest absolute Gasteiger partial charge is 0.337 e. The summed E-state index contributed by atoms with van der Waals surface area (Å²) >= 11 is 0. The molecule has 0 atom stereocenters. The highest BCUT2D eigenvalue weighted by molar-refractivity contribution is 7.92. The highest BCUT2D eigenvalue weighted by atomic mass is 32.2. The van der Waals surface area contributed by atoms with Crippen molar-refractivity contribution in [3.63, 3.8) is 0 Å². The Morgan fingerprint density at radius 1 is 1.29 bits per heavy atom. The summed E-state index contributed by atoms with van der Waals surface area (Å²) in [5.74, 6) is -5.56. The molecule has 2 aromatic rings. The molecule has 0 amide bonds. The molecule has 7 nitrogen and oxygen atoms in total. The van der Waals surface area contributed by atoms with Crippen LogP contribution < -0.4 is 9.46 Å². The lowest BCUT2D eigenvalue weighted by Crippen LogP contribution is -2.16. The second-order valence-electron chi connectivity index (χ2n) is 3.68. The first-order valence-electron chi connectivity index (χ1n) is 5.56. The van der Waals surface area contributed by atoms with Gasteiger partial charge in [-0.15, -0.1) is 5.10 Å². The largest absolute Gasteiger partial charge is 0.463 e. The van der Waals surface area contributed by atoms with Crippen LogP contribution in [0.3, 0.4) is 0 Å². The fourth-order valence-corrected chi connectivity index (χ4v) is 2.41. The third-order valence-electron chi connectivity index (χ3n) is 2.26. The van der Waals surface area contributed by atoms with E-state index in [-0.39, 0.29) is 18.6 Å². The molecular formula is C10H9F3N4O3S. The molecule has 0 spiro atoms. The summed E-state index contributed by atoms with van der Waals surface area (Å²) in [6, 6.07) is 0.968. The number of aromatic nitrogens is 3. The lowest BCUT2D eigenvalue weighted by Gasteiger charge is -2.06. The van der Waals surface area contributed by atoms with Crippen molar-refractivity contribution in [2.75, 3.05) is 11.3 Å². The number of nitrogens with one attached hydrogen (secondary N) is 2. The number of H-pyrrole nitrogens is 1. The topological polar surface area (TPSA) is 97.0 Å². The van der Waals surface area contributed by atoms with Gasteiger partial charge in [-0.05, 0) is 19.1 Å². The molecule has 114 valence electrons. The second kappa shape index (κ2) is 5.60. The summed E-state index contributed by atoms with van der Waals surface area (Å²) in [7, 11) is -4.51. The van der Waals surface area contributed by atoms with Crippen LogP contribution in [0.15, 0.2) is 17.0 Å². The molecule has 0 saturated carbocycles. The van der Waals surface area contributed by atoms with Crippen LogP contribution in [0, 0.1) is 17.5 Å². The Labute approximate surface area is 117 Å². The average molecular weight is 322 g/mol. The molecule has 1 aromatic carbocycles. The number of hydrogen-bond acceptors (Lipinski definition) is 5. The van der Waals surface area contributed by atoms with Gasteiger partial charge in [0.2, 0.25) is 5.95 Å². The van der Waals surface area contributed by atoms with Crippen LogP contribution in [0.2, 0.25) is 0 Å². The van der Waals surface area contributed by atoms with Gasteiger partial charge in [0.05, 0.1) is 6.61 Å². The molecule has 2 N–H and O–H groups in total. The summed E-state index contributed by atoms with van der Waals surface area (Å²) in [6.45, 7) is 1.92. The van der Waals surface area contributed by atoms with Crippen LogP contribution in [0.4, 0.5) is 19.1 Å². The van der Waals surface area contributed by atoms with E-state index in [2.05, 4.69) is 15.2 Å². The first-order valence-corrected chi connectivity index (χ1v) is 7.05. The second-order valence-corrected chi connectivity index (χ2v) is 5.33.